The quantitative estimate of drug-likeness (QED) is 0.629. The molecule has 0 saturated carbocycles. The smallest absolute Gasteiger partial charge is 0.257 e. The molecule has 3 nitrogen and oxygen atoms in total. The summed E-state index contributed by atoms with van der Waals surface area (Å²) in [6.07, 6.45) is 11.6. The third kappa shape index (κ3) is 2.67. The Bertz CT molecular complexity index is 451. The van der Waals surface area contributed by atoms with Crippen molar-refractivity contribution >= 4 is 0 Å². The zero-order valence-electron chi connectivity index (χ0n) is 11.4. The van der Waals surface area contributed by atoms with E-state index in [9.17, 15) is 0 Å². The number of rotatable bonds is 4. The fourth-order valence-electron chi connectivity index (χ4n) is 2.62. The Morgan fingerprint density at radius 2 is 2.00 bits per heavy atom. The number of allylic oxidation sites excluding steroid dienone is 4. The molecule has 0 radical (unpaired) electrons. The molecule has 1 aliphatic carbocycles. The molecule has 0 bridgehead atoms. The van der Waals surface area contributed by atoms with Crippen molar-refractivity contribution in [3.63, 3.8) is 0 Å². The second kappa shape index (κ2) is 5.44. The van der Waals surface area contributed by atoms with Crippen molar-refractivity contribution in [3.8, 4) is 0 Å². The number of aryl methyl sites for hydroxylation is 1. The molecule has 3 heteroatoms. The Labute approximate surface area is 109 Å². The number of hydrogen-bond donors (Lipinski definition) is 1. The van der Waals surface area contributed by atoms with Crippen molar-refractivity contribution in [2.24, 2.45) is 5.92 Å². The van der Waals surface area contributed by atoms with E-state index in [2.05, 4.69) is 60.8 Å². The van der Waals surface area contributed by atoms with Crippen LogP contribution in [0.2, 0.25) is 0 Å². The molecule has 1 N–H and O–H groups in total. The number of imidazole rings is 1. The van der Waals surface area contributed by atoms with Gasteiger partial charge in [0.25, 0.3) is 6.33 Å². The largest absolute Gasteiger partial charge is 0.396 e. The summed E-state index contributed by atoms with van der Waals surface area (Å²) < 4.78 is 4.28. The predicted molar refractivity (Wildman–Crippen MR) is 69.4 cm³/mol. The first-order valence-electron chi connectivity index (χ1n) is 6.54. The van der Waals surface area contributed by atoms with Crippen molar-refractivity contribution in [3.05, 3.63) is 48.1 Å². The van der Waals surface area contributed by atoms with Gasteiger partial charge in [-0.3, -0.25) is 4.57 Å². The summed E-state index contributed by atoms with van der Waals surface area (Å²) in [6.45, 7) is 7.64. The monoisotopic (exact) mass is 246 g/mol. The maximum Gasteiger partial charge on any atom is 0.257 e. The van der Waals surface area contributed by atoms with Crippen molar-refractivity contribution < 1.29 is 14.2 Å². The molecule has 1 aromatic heterocycles. The first-order valence-corrected chi connectivity index (χ1v) is 6.54. The number of aromatic nitrogens is 2. The molecule has 0 aromatic carbocycles. The van der Waals surface area contributed by atoms with Crippen molar-refractivity contribution in [1.29, 1.82) is 0 Å². The summed E-state index contributed by atoms with van der Waals surface area (Å²) in [5.74, 6) is 0.519. The highest BCUT2D eigenvalue weighted by molar-refractivity contribution is 5.38. The normalized spacial score (nSPS) is 16.8. The van der Waals surface area contributed by atoms with Crippen LogP contribution in [-0.4, -0.2) is 11.7 Å². The lowest BCUT2D eigenvalue weighted by molar-refractivity contribution is -0.774. The van der Waals surface area contributed by atoms with Gasteiger partial charge in [-0.25, -0.2) is 0 Å². The molecule has 0 spiro atoms. The zero-order valence-corrected chi connectivity index (χ0v) is 11.4. The summed E-state index contributed by atoms with van der Waals surface area (Å²) in [5, 5.41) is 8.85. The van der Waals surface area contributed by atoms with E-state index < -0.39 is 0 Å². The van der Waals surface area contributed by atoms with Gasteiger partial charge in [-0.1, -0.05) is 24.0 Å². The number of aliphatic hydroxyl groups excluding tert-OH is 1. The van der Waals surface area contributed by atoms with E-state index in [-0.39, 0.29) is 6.61 Å². The molecule has 0 unspecified atom stereocenters. The summed E-state index contributed by atoms with van der Waals surface area (Å²) >= 11 is 0. The van der Waals surface area contributed by atoms with E-state index in [0.29, 0.717) is 5.92 Å². The van der Waals surface area contributed by atoms with Crippen LogP contribution in [0.25, 0.3) is 0 Å². The molecule has 0 saturated heterocycles. The Balaban J connectivity index is 2.18. The molecule has 0 aliphatic heterocycles. The van der Waals surface area contributed by atoms with Crippen LogP contribution in [0, 0.1) is 12.0 Å². The van der Waals surface area contributed by atoms with E-state index >= 15 is 0 Å². The fraction of sp³-hybridized carbons (Fsp3) is 0.467. The maximum absolute atomic E-state index is 8.85. The van der Waals surface area contributed by atoms with Gasteiger partial charge in [-0.05, 0) is 13.8 Å². The van der Waals surface area contributed by atoms with Crippen molar-refractivity contribution in [2.45, 2.75) is 33.7 Å². The van der Waals surface area contributed by atoms with Gasteiger partial charge in [0.1, 0.15) is 12.6 Å². The van der Waals surface area contributed by atoms with Crippen LogP contribution in [0.3, 0.4) is 0 Å². The highest BCUT2D eigenvalue weighted by Gasteiger charge is 2.21. The number of hydrogen-bond acceptors (Lipinski definition) is 1. The molecular weight excluding hydrogens is 224 g/mol. The van der Waals surface area contributed by atoms with Crippen molar-refractivity contribution in [1.82, 2.24) is 0 Å². The third-order valence-corrected chi connectivity index (χ3v) is 3.30. The summed E-state index contributed by atoms with van der Waals surface area (Å²) in [7, 11) is 0. The molecule has 1 aliphatic rings. The first-order chi connectivity index (χ1) is 8.61. The second-order valence-electron chi connectivity index (χ2n) is 5.04. The predicted octanol–water partition coefficient (Wildman–Crippen LogP) is 1.29. The molecule has 2 rings (SSSR count). The summed E-state index contributed by atoms with van der Waals surface area (Å²) in [4.78, 5) is 0. The van der Waals surface area contributed by atoms with Crippen LogP contribution in [0.4, 0.5) is 0 Å². The molecule has 0 atom stereocenters. The van der Waals surface area contributed by atoms with Gasteiger partial charge in [0.15, 0.2) is 0 Å². The Morgan fingerprint density at radius 1 is 1.33 bits per heavy atom. The topological polar surface area (TPSA) is 28.0 Å². The minimum absolute atomic E-state index is 0.240. The van der Waals surface area contributed by atoms with Crippen LogP contribution in [0.1, 0.15) is 27.2 Å². The third-order valence-electron chi connectivity index (χ3n) is 3.30. The second-order valence-corrected chi connectivity index (χ2v) is 5.04. The van der Waals surface area contributed by atoms with Crippen LogP contribution < -0.4 is 9.13 Å². The molecule has 1 heterocycles. The SMILES string of the molecule is CC1=CC(C)C=C(C)[C-]1[n+]1c[cH-][n+](CCCO)c1. The zero-order chi connectivity index (χ0) is 13.1. The lowest BCUT2D eigenvalue weighted by Crippen LogP contribution is -2.44. The van der Waals surface area contributed by atoms with Gasteiger partial charge < -0.3 is 9.67 Å². The summed E-state index contributed by atoms with van der Waals surface area (Å²) in [5.41, 5.74) is 2.65. The minimum atomic E-state index is 0.240. The molecule has 1 aromatic rings. The van der Waals surface area contributed by atoms with Gasteiger partial charge in [0.2, 0.25) is 0 Å². The van der Waals surface area contributed by atoms with Crippen LogP contribution >= 0.6 is 0 Å². The number of aliphatic hydroxyl groups is 1. The van der Waals surface area contributed by atoms with Crippen LogP contribution in [0.5, 0.6) is 0 Å². The van der Waals surface area contributed by atoms with E-state index in [1.54, 1.807) is 0 Å². The highest BCUT2D eigenvalue weighted by atomic mass is 16.3. The van der Waals surface area contributed by atoms with E-state index in [1.807, 2.05) is 0 Å². The molecule has 0 fully saturated rings. The standard InChI is InChI=1S/C15H22N2O/c1-12-9-13(2)15(14(3)10-12)17-7-6-16(11-17)5-4-8-18/h6-7,9-12,18H,4-5,8H2,1-3H3. The lowest BCUT2D eigenvalue weighted by atomic mass is 9.89. The van der Waals surface area contributed by atoms with Crippen LogP contribution in [0.15, 0.2) is 42.0 Å². The average Bonchev–Trinajstić information content (AvgIpc) is 2.73. The van der Waals surface area contributed by atoms with Gasteiger partial charge >= 0.3 is 0 Å². The van der Waals surface area contributed by atoms with Gasteiger partial charge in [0, 0.05) is 13.0 Å². The average molecular weight is 246 g/mol. The van der Waals surface area contributed by atoms with Crippen molar-refractivity contribution in [2.75, 3.05) is 6.61 Å². The van der Waals surface area contributed by atoms with Crippen LogP contribution in [-0.2, 0) is 6.54 Å². The maximum atomic E-state index is 8.85. The Hall–Kier alpha value is -1.48. The molecular formula is C15H22N2O. The van der Waals surface area contributed by atoms with Gasteiger partial charge in [-0.15, -0.1) is 12.2 Å². The summed E-state index contributed by atoms with van der Waals surface area (Å²) in [6, 6.07) is 1.27. The molecule has 98 valence electrons. The minimum Gasteiger partial charge on any atom is -0.396 e. The van der Waals surface area contributed by atoms with Gasteiger partial charge in [-0.2, -0.15) is 0 Å². The Morgan fingerprint density at radius 3 is 2.61 bits per heavy atom. The van der Waals surface area contributed by atoms with Gasteiger partial charge in [0.05, 0.1) is 12.4 Å². The highest BCUT2D eigenvalue weighted by Crippen LogP contribution is 2.26. The first kappa shape index (κ1) is 13.0. The lowest BCUT2D eigenvalue weighted by Gasteiger charge is -2.24. The number of nitrogens with zero attached hydrogens (tertiary/aromatic N) is 2. The molecule has 18 heavy (non-hydrogen) atoms. The molecule has 0 amide bonds. The van der Waals surface area contributed by atoms with E-state index in [4.69, 9.17) is 5.11 Å². The van der Waals surface area contributed by atoms with E-state index in [0.717, 1.165) is 13.0 Å². The van der Waals surface area contributed by atoms with E-state index in [1.165, 1.54) is 17.2 Å². The Kier molecular flexibility index (Phi) is 3.92. The fourth-order valence-corrected chi connectivity index (χ4v) is 2.62.